The first-order valence-corrected chi connectivity index (χ1v) is 8.72. The predicted octanol–water partition coefficient (Wildman–Crippen LogP) is 4.11. The summed E-state index contributed by atoms with van der Waals surface area (Å²) in [6.07, 6.45) is 1.58. The van der Waals surface area contributed by atoms with E-state index in [1.807, 2.05) is 41.8 Å². The molecule has 122 valence electrons. The van der Waals surface area contributed by atoms with E-state index >= 15 is 0 Å². The zero-order valence-corrected chi connectivity index (χ0v) is 14.3. The molecule has 0 aliphatic heterocycles. The van der Waals surface area contributed by atoms with Crippen molar-refractivity contribution < 1.29 is 4.79 Å². The monoisotopic (exact) mass is 357 g/mol. The van der Waals surface area contributed by atoms with Crippen LogP contribution in [0.1, 0.15) is 16.5 Å². The van der Waals surface area contributed by atoms with Crippen LogP contribution in [-0.4, -0.2) is 17.4 Å². The maximum absolute atomic E-state index is 12.2. The average Bonchev–Trinajstić information content (AvgIpc) is 3.12. The van der Waals surface area contributed by atoms with Crippen LogP contribution in [0.4, 0.5) is 5.69 Å². The third kappa shape index (κ3) is 4.20. The van der Waals surface area contributed by atoms with Gasteiger partial charge in [-0.05, 0) is 29.1 Å². The molecule has 0 saturated carbocycles. The van der Waals surface area contributed by atoms with Gasteiger partial charge in [0.2, 0.25) is 5.91 Å². The summed E-state index contributed by atoms with van der Waals surface area (Å²) >= 11 is 7.62. The lowest BCUT2D eigenvalue weighted by Crippen LogP contribution is -2.31. The number of halogens is 1. The molecule has 1 amide bonds. The first-order valence-electron chi connectivity index (χ1n) is 7.46. The number of rotatable bonds is 6. The highest BCUT2D eigenvalue weighted by molar-refractivity contribution is 7.10. The van der Waals surface area contributed by atoms with E-state index in [2.05, 4.69) is 21.7 Å². The van der Waals surface area contributed by atoms with Crippen LogP contribution in [-0.2, 0) is 4.79 Å². The Kier molecular flexibility index (Phi) is 5.59. The Morgan fingerprint density at radius 3 is 2.67 bits per heavy atom. The van der Waals surface area contributed by atoms with Crippen molar-refractivity contribution >= 4 is 34.5 Å². The highest BCUT2D eigenvalue weighted by Gasteiger charge is 2.16. The summed E-state index contributed by atoms with van der Waals surface area (Å²) < 4.78 is 0. The number of hydrogen-bond donors (Lipinski definition) is 2. The minimum atomic E-state index is -0.164. The molecule has 1 atom stereocenters. The maximum Gasteiger partial charge on any atom is 0.238 e. The Hall–Kier alpha value is -2.21. The minimum absolute atomic E-state index is 0.0266. The molecule has 6 heteroatoms. The highest BCUT2D eigenvalue weighted by Crippen LogP contribution is 2.25. The number of nitrogens with one attached hydrogen (secondary N) is 2. The summed E-state index contributed by atoms with van der Waals surface area (Å²) in [4.78, 5) is 17.3. The van der Waals surface area contributed by atoms with E-state index in [1.165, 1.54) is 0 Å². The normalized spacial score (nSPS) is 11.9. The summed E-state index contributed by atoms with van der Waals surface area (Å²) in [5.41, 5.74) is 1.63. The van der Waals surface area contributed by atoms with Crippen LogP contribution in [0.25, 0.3) is 0 Å². The van der Waals surface area contributed by atoms with Crippen LogP contribution >= 0.6 is 22.9 Å². The van der Waals surface area contributed by atoms with Crippen molar-refractivity contribution in [3.05, 3.63) is 81.8 Å². The van der Waals surface area contributed by atoms with Gasteiger partial charge in [0.1, 0.15) is 0 Å². The van der Waals surface area contributed by atoms with Gasteiger partial charge in [-0.3, -0.25) is 10.1 Å². The molecule has 3 rings (SSSR count). The fourth-order valence-electron chi connectivity index (χ4n) is 2.35. The average molecular weight is 358 g/mol. The number of hydrogen-bond acceptors (Lipinski definition) is 4. The number of anilines is 1. The molecule has 0 aliphatic carbocycles. The van der Waals surface area contributed by atoms with E-state index in [4.69, 9.17) is 11.6 Å². The summed E-state index contributed by atoms with van der Waals surface area (Å²) in [5.74, 6) is -0.164. The van der Waals surface area contributed by atoms with E-state index in [-0.39, 0.29) is 23.6 Å². The predicted molar refractivity (Wildman–Crippen MR) is 98.5 cm³/mol. The number of carbonyl (C=O) groups is 1. The summed E-state index contributed by atoms with van der Waals surface area (Å²) in [7, 11) is 0. The van der Waals surface area contributed by atoms with Crippen LogP contribution in [0.2, 0.25) is 5.15 Å². The molecule has 2 N–H and O–H groups in total. The largest absolute Gasteiger partial charge is 0.322 e. The molecule has 2 heterocycles. The summed E-state index contributed by atoms with van der Waals surface area (Å²) in [6, 6.07) is 17.6. The van der Waals surface area contributed by atoms with Crippen molar-refractivity contribution in [3.63, 3.8) is 0 Å². The van der Waals surface area contributed by atoms with Gasteiger partial charge >= 0.3 is 0 Å². The van der Waals surface area contributed by atoms with Crippen molar-refractivity contribution in [2.24, 2.45) is 0 Å². The minimum Gasteiger partial charge on any atom is -0.322 e. The van der Waals surface area contributed by atoms with Gasteiger partial charge < -0.3 is 5.32 Å². The molecule has 0 spiro atoms. The number of benzene rings is 1. The van der Waals surface area contributed by atoms with E-state index in [1.54, 1.807) is 29.7 Å². The molecule has 3 aromatic rings. The molecule has 0 saturated heterocycles. The first kappa shape index (κ1) is 16.6. The fourth-order valence-corrected chi connectivity index (χ4v) is 3.35. The Labute approximate surface area is 149 Å². The molecular weight excluding hydrogens is 342 g/mol. The van der Waals surface area contributed by atoms with Crippen molar-refractivity contribution in [2.45, 2.75) is 6.04 Å². The standard InChI is InChI=1S/C18H16ClN3OS/c19-18-14(8-4-10-20-18)22-16(23)12-21-17(15-9-5-11-24-15)13-6-2-1-3-7-13/h1-11,17,21H,12H2,(H,22,23)/t17-/m0/s1. The summed E-state index contributed by atoms with van der Waals surface area (Å²) in [5, 5.41) is 8.39. The van der Waals surface area contributed by atoms with Crippen LogP contribution in [0.3, 0.4) is 0 Å². The second-order valence-corrected chi connectivity index (χ2v) is 6.47. The number of amides is 1. The second kappa shape index (κ2) is 8.06. The van der Waals surface area contributed by atoms with E-state index in [0.717, 1.165) is 10.4 Å². The molecule has 0 fully saturated rings. The Morgan fingerprint density at radius 1 is 1.12 bits per heavy atom. The third-order valence-electron chi connectivity index (χ3n) is 3.46. The topological polar surface area (TPSA) is 54.0 Å². The molecule has 0 aliphatic rings. The lowest BCUT2D eigenvalue weighted by molar-refractivity contribution is -0.115. The van der Waals surface area contributed by atoms with Crippen LogP contribution < -0.4 is 10.6 Å². The van der Waals surface area contributed by atoms with Crippen LogP contribution in [0.15, 0.2) is 66.2 Å². The Bertz CT molecular complexity index is 793. The van der Waals surface area contributed by atoms with Gasteiger partial charge in [-0.2, -0.15) is 0 Å². The zero-order chi connectivity index (χ0) is 16.8. The van der Waals surface area contributed by atoms with Gasteiger partial charge in [-0.15, -0.1) is 11.3 Å². The molecule has 0 unspecified atom stereocenters. The second-order valence-electron chi connectivity index (χ2n) is 5.13. The molecule has 0 bridgehead atoms. The van der Waals surface area contributed by atoms with E-state index in [9.17, 15) is 4.79 Å². The van der Waals surface area contributed by atoms with Gasteiger partial charge in [0.05, 0.1) is 18.3 Å². The Morgan fingerprint density at radius 2 is 1.96 bits per heavy atom. The number of thiophene rings is 1. The molecule has 2 aromatic heterocycles. The number of carbonyl (C=O) groups excluding carboxylic acids is 1. The lowest BCUT2D eigenvalue weighted by atomic mass is 10.1. The maximum atomic E-state index is 12.2. The molecule has 1 aromatic carbocycles. The number of nitrogens with zero attached hydrogens (tertiary/aromatic N) is 1. The van der Waals surface area contributed by atoms with Crippen molar-refractivity contribution in [2.75, 3.05) is 11.9 Å². The van der Waals surface area contributed by atoms with Crippen molar-refractivity contribution in [1.82, 2.24) is 10.3 Å². The summed E-state index contributed by atoms with van der Waals surface area (Å²) in [6.45, 7) is 0.169. The van der Waals surface area contributed by atoms with Gasteiger partial charge in [-0.1, -0.05) is 48.0 Å². The molecular formula is C18H16ClN3OS. The first-order chi connectivity index (χ1) is 11.7. The quantitative estimate of drug-likeness (QED) is 0.652. The highest BCUT2D eigenvalue weighted by atomic mass is 35.5. The smallest absolute Gasteiger partial charge is 0.238 e. The van der Waals surface area contributed by atoms with Crippen molar-refractivity contribution in [1.29, 1.82) is 0 Å². The van der Waals surface area contributed by atoms with Crippen LogP contribution in [0, 0.1) is 0 Å². The Balaban J connectivity index is 1.68. The molecule has 0 radical (unpaired) electrons. The SMILES string of the molecule is O=C(CN[C@@H](c1ccccc1)c1cccs1)Nc1cccnc1Cl. The van der Waals surface area contributed by atoms with Gasteiger partial charge in [0, 0.05) is 11.1 Å². The number of aromatic nitrogens is 1. The third-order valence-corrected chi connectivity index (χ3v) is 4.70. The van der Waals surface area contributed by atoms with Crippen LogP contribution in [0.5, 0.6) is 0 Å². The lowest BCUT2D eigenvalue weighted by Gasteiger charge is -2.18. The van der Waals surface area contributed by atoms with Gasteiger partial charge in [-0.25, -0.2) is 4.98 Å². The molecule has 4 nitrogen and oxygen atoms in total. The van der Waals surface area contributed by atoms with Gasteiger partial charge in [0.25, 0.3) is 0 Å². The van der Waals surface area contributed by atoms with E-state index < -0.39 is 0 Å². The van der Waals surface area contributed by atoms with Crippen molar-refractivity contribution in [3.8, 4) is 0 Å². The molecule has 24 heavy (non-hydrogen) atoms. The number of pyridine rings is 1. The zero-order valence-electron chi connectivity index (χ0n) is 12.8. The fraction of sp³-hybridized carbons (Fsp3) is 0.111. The van der Waals surface area contributed by atoms with E-state index in [0.29, 0.717) is 5.69 Å². The van der Waals surface area contributed by atoms with Gasteiger partial charge in [0.15, 0.2) is 5.15 Å².